The molecule has 148 valence electrons. The number of benzene rings is 1. The first-order chi connectivity index (χ1) is 13.2. The molecule has 3 heterocycles. The molecule has 0 aliphatic carbocycles. The number of carbonyl (C=O) groups excluding carboxylic acids is 1. The van der Waals surface area contributed by atoms with Crippen molar-refractivity contribution >= 4 is 17.5 Å². The van der Waals surface area contributed by atoms with E-state index in [1.54, 1.807) is 0 Å². The second-order valence-electron chi connectivity index (χ2n) is 8.79. The monoisotopic (exact) mass is 389 g/mol. The molecule has 0 radical (unpaired) electrons. The number of halogens is 1. The lowest BCUT2D eigenvalue weighted by Gasteiger charge is -2.32. The molecule has 4 nitrogen and oxygen atoms in total. The van der Waals surface area contributed by atoms with Crippen molar-refractivity contribution in [2.24, 2.45) is 11.8 Å². The highest BCUT2D eigenvalue weighted by Gasteiger charge is 2.34. The molecular formula is C22H32ClN3O. The number of piperidine rings is 2. The number of hydrogen-bond donors (Lipinski definition) is 2. The van der Waals surface area contributed by atoms with Crippen molar-refractivity contribution in [3.63, 3.8) is 0 Å². The molecular weight excluding hydrogens is 358 g/mol. The number of amides is 1. The zero-order valence-electron chi connectivity index (χ0n) is 16.1. The molecule has 0 saturated carbocycles. The van der Waals surface area contributed by atoms with Gasteiger partial charge in [-0.05, 0) is 75.1 Å². The van der Waals surface area contributed by atoms with Gasteiger partial charge in [-0.3, -0.25) is 9.69 Å². The van der Waals surface area contributed by atoms with Gasteiger partial charge in [0.1, 0.15) is 0 Å². The lowest BCUT2D eigenvalue weighted by atomic mass is 9.89. The van der Waals surface area contributed by atoms with E-state index in [0.29, 0.717) is 23.9 Å². The third-order valence-electron chi connectivity index (χ3n) is 6.69. The number of rotatable bonds is 6. The molecule has 1 amide bonds. The fourth-order valence-electron chi connectivity index (χ4n) is 5.15. The number of hydrogen-bond acceptors (Lipinski definition) is 3. The summed E-state index contributed by atoms with van der Waals surface area (Å²) in [6.07, 6.45) is 8.00. The predicted octanol–water partition coefficient (Wildman–Crippen LogP) is 3.59. The molecule has 0 spiro atoms. The van der Waals surface area contributed by atoms with Crippen molar-refractivity contribution in [3.05, 3.63) is 34.9 Å². The Morgan fingerprint density at radius 1 is 1.07 bits per heavy atom. The zero-order chi connectivity index (χ0) is 18.6. The van der Waals surface area contributed by atoms with Crippen molar-refractivity contribution in [3.8, 4) is 0 Å². The number of fused-ring (bicyclic) bond motifs is 2. The number of carbonyl (C=O) groups is 1. The largest absolute Gasteiger partial charge is 0.356 e. The Hall–Kier alpha value is -1.10. The summed E-state index contributed by atoms with van der Waals surface area (Å²) in [4.78, 5) is 14.9. The Morgan fingerprint density at radius 2 is 1.78 bits per heavy atom. The van der Waals surface area contributed by atoms with Crippen LogP contribution in [0.5, 0.6) is 0 Å². The summed E-state index contributed by atoms with van der Waals surface area (Å²) in [5.41, 5.74) is 1.21. The Kier molecular flexibility index (Phi) is 6.36. The minimum absolute atomic E-state index is 0.264. The van der Waals surface area contributed by atoms with Gasteiger partial charge in [0, 0.05) is 36.6 Å². The molecule has 27 heavy (non-hydrogen) atoms. The van der Waals surface area contributed by atoms with Crippen LogP contribution in [0.2, 0.25) is 5.02 Å². The SMILES string of the molecule is O=C(CC1CC2CCC(C1)N2)NCC1CCN(Cc2ccccc2Cl)CC1. The lowest BCUT2D eigenvalue weighted by molar-refractivity contribution is -0.122. The molecule has 2 N–H and O–H groups in total. The van der Waals surface area contributed by atoms with Crippen molar-refractivity contribution in [2.45, 2.75) is 63.6 Å². The fraction of sp³-hybridized carbons (Fsp3) is 0.682. The van der Waals surface area contributed by atoms with E-state index < -0.39 is 0 Å². The molecule has 2 atom stereocenters. The number of nitrogens with zero attached hydrogens (tertiary/aromatic N) is 1. The van der Waals surface area contributed by atoms with E-state index in [0.717, 1.165) is 50.5 Å². The van der Waals surface area contributed by atoms with E-state index in [4.69, 9.17) is 11.6 Å². The zero-order valence-corrected chi connectivity index (χ0v) is 16.9. The van der Waals surface area contributed by atoms with Gasteiger partial charge in [0.25, 0.3) is 0 Å². The molecule has 5 heteroatoms. The third kappa shape index (κ3) is 5.24. The number of likely N-dealkylation sites (tertiary alicyclic amines) is 1. The maximum atomic E-state index is 12.4. The summed E-state index contributed by atoms with van der Waals surface area (Å²) in [6, 6.07) is 9.45. The van der Waals surface area contributed by atoms with Crippen LogP contribution in [0.25, 0.3) is 0 Å². The average molecular weight is 390 g/mol. The second kappa shape index (κ2) is 8.93. The Labute approximate surface area is 168 Å². The molecule has 3 fully saturated rings. The van der Waals surface area contributed by atoms with Crippen molar-refractivity contribution in [1.29, 1.82) is 0 Å². The van der Waals surface area contributed by atoms with Crippen LogP contribution >= 0.6 is 11.6 Å². The summed E-state index contributed by atoms with van der Waals surface area (Å²) in [7, 11) is 0. The van der Waals surface area contributed by atoms with Gasteiger partial charge in [-0.15, -0.1) is 0 Å². The molecule has 2 bridgehead atoms. The highest BCUT2D eigenvalue weighted by molar-refractivity contribution is 6.31. The first-order valence-corrected chi connectivity index (χ1v) is 11.0. The van der Waals surface area contributed by atoms with Crippen LogP contribution in [0.1, 0.15) is 50.5 Å². The average Bonchev–Trinajstić information content (AvgIpc) is 3.01. The van der Waals surface area contributed by atoms with Crippen LogP contribution in [0.3, 0.4) is 0 Å². The highest BCUT2D eigenvalue weighted by atomic mass is 35.5. The third-order valence-corrected chi connectivity index (χ3v) is 7.06. The Balaban J connectivity index is 1.14. The van der Waals surface area contributed by atoms with Crippen LogP contribution < -0.4 is 10.6 Å². The summed E-state index contributed by atoms with van der Waals surface area (Å²) in [6.45, 7) is 3.94. The van der Waals surface area contributed by atoms with E-state index in [-0.39, 0.29) is 5.91 Å². The molecule has 1 aromatic carbocycles. The van der Waals surface area contributed by atoms with Gasteiger partial charge < -0.3 is 10.6 Å². The van der Waals surface area contributed by atoms with E-state index >= 15 is 0 Å². The maximum Gasteiger partial charge on any atom is 0.220 e. The second-order valence-corrected chi connectivity index (χ2v) is 9.20. The minimum Gasteiger partial charge on any atom is -0.356 e. The van der Waals surface area contributed by atoms with Gasteiger partial charge in [-0.2, -0.15) is 0 Å². The summed E-state index contributed by atoms with van der Waals surface area (Å²) < 4.78 is 0. The fourth-order valence-corrected chi connectivity index (χ4v) is 5.35. The van der Waals surface area contributed by atoms with Gasteiger partial charge in [-0.1, -0.05) is 29.8 Å². The van der Waals surface area contributed by atoms with Crippen molar-refractivity contribution < 1.29 is 4.79 Å². The highest BCUT2D eigenvalue weighted by Crippen LogP contribution is 2.32. The quantitative estimate of drug-likeness (QED) is 0.781. The topological polar surface area (TPSA) is 44.4 Å². The van der Waals surface area contributed by atoms with Crippen LogP contribution in [0.15, 0.2) is 24.3 Å². The molecule has 1 aromatic rings. The molecule has 0 aromatic heterocycles. The van der Waals surface area contributed by atoms with Crippen LogP contribution in [-0.4, -0.2) is 42.5 Å². The first-order valence-electron chi connectivity index (χ1n) is 10.6. The van der Waals surface area contributed by atoms with Gasteiger partial charge in [0.15, 0.2) is 0 Å². The van der Waals surface area contributed by atoms with Gasteiger partial charge in [0.2, 0.25) is 5.91 Å². The van der Waals surface area contributed by atoms with Crippen LogP contribution in [-0.2, 0) is 11.3 Å². The van der Waals surface area contributed by atoms with E-state index in [2.05, 4.69) is 27.7 Å². The van der Waals surface area contributed by atoms with Crippen molar-refractivity contribution in [1.82, 2.24) is 15.5 Å². The summed E-state index contributed by atoms with van der Waals surface area (Å²) >= 11 is 6.28. The van der Waals surface area contributed by atoms with E-state index in [1.807, 2.05) is 12.1 Å². The molecule has 2 unspecified atom stereocenters. The predicted molar refractivity (Wildman–Crippen MR) is 110 cm³/mol. The van der Waals surface area contributed by atoms with Gasteiger partial charge in [0.05, 0.1) is 0 Å². The van der Waals surface area contributed by atoms with E-state index in [1.165, 1.54) is 31.2 Å². The van der Waals surface area contributed by atoms with Crippen molar-refractivity contribution in [2.75, 3.05) is 19.6 Å². The van der Waals surface area contributed by atoms with Gasteiger partial charge in [-0.25, -0.2) is 0 Å². The first kappa shape index (κ1) is 19.2. The summed E-state index contributed by atoms with van der Waals surface area (Å²) in [5, 5.41) is 7.74. The van der Waals surface area contributed by atoms with E-state index in [9.17, 15) is 4.79 Å². The van der Waals surface area contributed by atoms with Crippen LogP contribution in [0, 0.1) is 11.8 Å². The Bertz CT molecular complexity index is 632. The maximum absolute atomic E-state index is 12.4. The molecule has 3 saturated heterocycles. The lowest BCUT2D eigenvalue weighted by Crippen LogP contribution is -2.41. The Morgan fingerprint density at radius 3 is 2.48 bits per heavy atom. The molecule has 4 rings (SSSR count). The normalized spacial score (nSPS) is 29.0. The summed E-state index contributed by atoms with van der Waals surface area (Å²) in [5.74, 6) is 1.46. The molecule has 3 aliphatic heterocycles. The number of nitrogens with one attached hydrogen (secondary N) is 2. The van der Waals surface area contributed by atoms with Crippen LogP contribution in [0.4, 0.5) is 0 Å². The molecule has 3 aliphatic rings. The smallest absolute Gasteiger partial charge is 0.220 e. The minimum atomic E-state index is 0.264. The standard InChI is InChI=1S/C22H32ClN3O/c23-21-4-2-1-3-18(21)15-26-9-7-16(8-10-26)14-24-22(27)13-17-11-19-5-6-20(12-17)25-19/h1-4,16-17,19-20,25H,5-15H2,(H,24,27). The van der Waals surface area contributed by atoms with Gasteiger partial charge >= 0.3 is 0 Å².